The monoisotopic (exact) mass is 582 g/mol. The molecule has 0 spiro atoms. The highest BCUT2D eigenvalue weighted by atomic mass is 32.2. The van der Waals surface area contributed by atoms with E-state index in [-0.39, 0.29) is 0 Å². The van der Waals surface area contributed by atoms with E-state index in [9.17, 15) is 52.5 Å². The average molecular weight is 583 g/mol. The zero-order chi connectivity index (χ0) is 27.9. The van der Waals surface area contributed by atoms with Gasteiger partial charge < -0.3 is 4.55 Å². The van der Waals surface area contributed by atoms with Gasteiger partial charge in [0.1, 0.15) is 11.5 Å². The first-order chi connectivity index (χ1) is 16.9. The number of halogens is 9. The predicted molar refractivity (Wildman–Crippen MR) is 120 cm³/mol. The van der Waals surface area contributed by atoms with Crippen molar-refractivity contribution in [3.63, 3.8) is 0 Å². The Morgan fingerprint density at radius 3 is 1.76 bits per heavy atom. The van der Waals surface area contributed by atoms with Crippen LogP contribution in [0.4, 0.5) is 39.5 Å². The van der Waals surface area contributed by atoms with Crippen LogP contribution in [0.25, 0.3) is 10.8 Å². The largest absolute Gasteiger partial charge is 0.743 e. The molecule has 1 saturated heterocycles. The highest BCUT2D eigenvalue weighted by Gasteiger charge is 2.83. The smallest absolute Gasteiger partial charge is 0.460 e. The van der Waals surface area contributed by atoms with Gasteiger partial charge in [-0.2, -0.15) is 39.5 Å². The second kappa shape index (κ2) is 10.5. The molecular formula is C23H23F9O3S2. The van der Waals surface area contributed by atoms with Crippen LogP contribution in [0.3, 0.4) is 0 Å². The maximum atomic E-state index is 12.2. The molecule has 208 valence electrons. The molecule has 2 fully saturated rings. The summed E-state index contributed by atoms with van der Waals surface area (Å²) in [7, 11) is -6.87. The van der Waals surface area contributed by atoms with Crippen LogP contribution < -0.4 is 0 Å². The number of hydrogen-bond donors (Lipinski definition) is 0. The molecule has 1 aliphatic carbocycles. The second-order valence-corrected chi connectivity index (χ2v) is 12.7. The Morgan fingerprint density at radius 1 is 0.730 bits per heavy atom. The topological polar surface area (TPSA) is 57.2 Å². The molecule has 2 aromatic rings. The number of alkyl halides is 9. The van der Waals surface area contributed by atoms with E-state index >= 15 is 0 Å². The molecule has 3 nitrogen and oxygen atoms in total. The lowest BCUT2D eigenvalue weighted by atomic mass is 9.95. The Hall–Kier alpha value is -1.67. The minimum atomic E-state index is -7.43. The third kappa shape index (κ3) is 5.85. The first-order valence-corrected chi connectivity index (χ1v) is 14.2. The van der Waals surface area contributed by atoms with Crippen molar-refractivity contribution in [3.05, 3.63) is 42.0 Å². The van der Waals surface area contributed by atoms with Gasteiger partial charge in [0, 0.05) is 17.0 Å². The zero-order valence-electron chi connectivity index (χ0n) is 19.1. The molecule has 4 rings (SSSR count). The summed E-state index contributed by atoms with van der Waals surface area (Å²) in [6.07, 6.45) is 1.34. The van der Waals surface area contributed by atoms with E-state index in [4.69, 9.17) is 0 Å². The Balaban J connectivity index is 0.000000210. The molecule has 1 saturated carbocycles. The molecule has 0 N–H and O–H groups in total. The lowest BCUT2D eigenvalue weighted by Crippen LogP contribution is -2.63. The van der Waals surface area contributed by atoms with Gasteiger partial charge in [-0.15, -0.1) is 0 Å². The van der Waals surface area contributed by atoms with Crippen molar-refractivity contribution < 1.29 is 52.5 Å². The molecular weight excluding hydrogens is 559 g/mol. The van der Waals surface area contributed by atoms with Crippen LogP contribution in [0, 0.1) is 0 Å². The summed E-state index contributed by atoms with van der Waals surface area (Å²) in [5.74, 6) is -11.1. The van der Waals surface area contributed by atoms with Crippen molar-refractivity contribution in [1.29, 1.82) is 0 Å². The highest BCUT2D eigenvalue weighted by molar-refractivity contribution is 7.97. The van der Waals surface area contributed by atoms with Crippen molar-refractivity contribution >= 4 is 31.8 Å². The first-order valence-electron chi connectivity index (χ1n) is 11.3. The van der Waals surface area contributed by atoms with E-state index in [2.05, 4.69) is 36.4 Å². The maximum Gasteiger partial charge on any atom is 0.460 e. The van der Waals surface area contributed by atoms with E-state index in [1.165, 1.54) is 60.8 Å². The average Bonchev–Trinajstić information content (AvgIpc) is 3.51. The molecule has 0 bridgehead atoms. The molecule has 1 aliphatic heterocycles. The van der Waals surface area contributed by atoms with Gasteiger partial charge in [0.05, 0.1) is 0 Å². The number of rotatable bonds is 5. The number of fused-ring (bicyclic) bond motifs is 1. The minimum Gasteiger partial charge on any atom is -0.743 e. The molecule has 14 heteroatoms. The van der Waals surface area contributed by atoms with Gasteiger partial charge in [0.15, 0.2) is 15.0 Å². The molecule has 1 heterocycles. The van der Waals surface area contributed by atoms with Crippen molar-refractivity contribution in [1.82, 2.24) is 0 Å². The van der Waals surface area contributed by atoms with Crippen LogP contribution in [-0.2, 0) is 21.0 Å². The Morgan fingerprint density at radius 2 is 1.24 bits per heavy atom. The Labute approximate surface area is 210 Å². The van der Waals surface area contributed by atoms with Crippen LogP contribution in [-0.4, -0.2) is 47.8 Å². The van der Waals surface area contributed by atoms with Crippen molar-refractivity contribution in [2.75, 3.05) is 11.5 Å². The lowest BCUT2D eigenvalue weighted by molar-refractivity contribution is -0.382. The van der Waals surface area contributed by atoms with Gasteiger partial charge in [-0.1, -0.05) is 31.0 Å². The number of hydrogen-bond acceptors (Lipinski definition) is 3. The molecule has 2 aromatic carbocycles. The fourth-order valence-corrected chi connectivity index (χ4v) is 7.12. The van der Waals surface area contributed by atoms with Crippen molar-refractivity contribution in [2.45, 2.75) is 72.6 Å². The lowest BCUT2D eigenvalue weighted by Gasteiger charge is -2.34. The van der Waals surface area contributed by atoms with Gasteiger partial charge in [-0.3, -0.25) is 0 Å². The Bertz CT molecular complexity index is 1150. The highest BCUT2D eigenvalue weighted by Crippen LogP contribution is 2.54. The number of benzene rings is 2. The molecule has 0 amide bonds. The van der Waals surface area contributed by atoms with Crippen molar-refractivity contribution in [2.24, 2.45) is 0 Å². The van der Waals surface area contributed by atoms with E-state index in [0.29, 0.717) is 10.9 Å². The van der Waals surface area contributed by atoms with E-state index < -0.39 is 33.4 Å². The van der Waals surface area contributed by atoms with Gasteiger partial charge >= 0.3 is 23.3 Å². The predicted octanol–water partition coefficient (Wildman–Crippen LogP) is 7.23. The third-order valence-electron chi connectivity index (χ3n) is 6.46. The zero-order valence-corrected chi connectivity index (χ0v) is 20.8. The summed E-state index contributed by atoms with van der Waals surface area (Å²) in [5.41, 5.74) is 1.58. The third-order valence-corrected chi connectivity index (χ3v) is 9.82. The Kier molecular flexibility index (Phi) is 8.46. The van der Waals surface area contributed by atoms with Gasteiger partial charge in [0.25, 0.3) is 0 Å². The summed E-state index contributed by atoms with van der Waals surface area (Å²) >= 11 is 0. The molecule has 37 heavy (non-hydrogen) atoms. The fourth-order valence-electron chi connectivity index (χ4n) is 4.34. The maximum absolute atomic E-state index is 12.2. The summed E-state index contributed by atoms with van der Waals surface area (Å²) in [6.45, 7) is 0. The summed E-state index contributed by atoms with van der Waals surface area (Å²) in [6, 6.07) is 14.4. The minimum absolute atomic E-state index is 0.546. The van der Waals surface area contributed by atoms with Gasteiger partial charge in [-0.25, -0.2) is 8.42 Å². The van der Waals surface area contributed by atoms with Gasteiger partial charge in [-0.05, 0) is 60.1 Å². The van der Waals surface area contributed by atoms with Crippen LogP contribution in [0.2, 0.25) is 0 Å². The van der Waals surface area contributed by atoms with Crippen molar-refractivity contribution in [3.8, 4) is 0 Å². The van der Waals surface area contributed by atoms with Crippen LogP contribution in [0.5, 0.6) is 0 Å². The SMILES string of the molecule is O=S(=O)([O-])C(F)(F)C(F)(F)C(F)(F)C(F)(F)F.c1cc2cc([S+]3CCCC3)ccc2cc1C1CCCC1. The fraction of sp³-hybridized carbons (Fsp3) is 0.565. The molecule has 0 radical (unpaired) electrons. The van der Waals surface area contributed by atoms with Crippen LogP contribution in [0.15, 0.2) is 41.3 Å². The molecule has 0 atom stereocenters. The standard InChI is InChI=1S/C19H23S.C4HF9O3S/c1-2-6-15(5-1)16-7-8-18-14-19(10-9-17(18)13-16)20-11-3-4-12-20;5-1(6,3(9,10)11)2(7,8)4(12,13)17(14,15)16/h7-10,13-15H,1-6,11-12H2;(H,14,15,16)/q+1;/p-1. The van der Waals surface area contributed by atoms with E-state index in [1.54, 1.807) is 10.5 Å². The van der Waals surface area contributed by atoms with Crippen LogP contribution >= 0.6 is 0 Å². The quantitative estimate of drug-likeness (QED) is 0.213. The summed E-state index contributed by atoms with van der Waals surface area (Å²) in [4.78, 5) is 1.60. The molecule has 2 aliphatic rings. The van der Waals surface area contributed by atoms with E-state index in [0.717, 1.165) is 5.92 Å². The van der Waals surface area contributed by atoms with E-state index in [1.807, 2.05) is 0 Å². The summed E-state index contributed by atoms with van der Waals surface area (Å²) < 4.78 is 135. The first kappa shape index (κ1) is 29.9. The normalized spacial score (nSPS) is 18.8. The molecule has 0 unspecified atom stereocenters. The second-order valence-electron chi connectivity index (χ2n) is 8.98. The van der Waals surface area contributed by atoms with Gasteiger partial charge in [0.2, 0.25) is 0 Å². The van der Waals surface area contributed by atoms with Crippen LogP contribution in [0.1, 0.15) is 50.0 Å². The molecule has 0 aromatic heterocycles. The summed E-state index contributed by atoms with van der Waals surface area (Å²) in [5, 5.41) is -4.22.